The molecule has 0 bridgehead atoms. The van der Waals surface area contributed by atoms with Crippen molar-refractivity contribution in [3.8, 4) is 0 Å². The molecule has 0 aliphatic heterocycles. The van der Waals surface area contributed by atoms with Crippen molar-refractivity contribution in [2.45, 2.75) is 37.8 Å². The Kier molecular flexibility index (Phi) is 3.20. The zero-order chi connectivity index (χ0) is 8.10. The average molecular weight is 155 g/mol. The smallest absolute Gasteiger partial charge is 0.0656 e. The predicted octanol–water partition coefficient (Wildman–Crippen LogP) is 2.25. The van der Waals surface area contributed by atoms with E-state index in [1.807, 2.05) is 0 Å². The van der Waals surface area contributed by atoms with Gasteiger partial charge in [0.2, 0.25) is 0 Å². The van der Waals surface area contributed by atoms with Gasteiger partial charge in [-0.05, 0) is 18.4 Å². The van der Waals surface area contributed by atoms with E-state index in [2.05, 4.69) is 10.0 Å². The van der Waals surface area contributed by atoms with Gasteiger partial charge in [-0.2, -0.15) is 0 Å². The summed E-state index contributed by atoms with van der Waals surface area (Å²) >= 11 is 0. The third-order valence-corrected chi connectivity index (χ3v) is 2.17. The highest BCUT2D eigenvalue weighted by molar-refractivity contribution is 4.81. The maximum atomic E-state index is 8.23. The molecule has 1 aliphatic carbocycles. The summed E-state index contributed by atoms with van der Waals surface area (Å²) in [5.41, 5.74) is 8.23. The van der Waals surface area contributed by atoms with Crippen LogP contribution in [0.1, 0.15) is 25.7 Å². The third kappa shape index (κ3) is 2.10. The molecule has 0 heterocycles. The largest absolute Gasteiger partial charge is 0.381 e. The maximum absolute atomic E-state index is 8.23. The van der Waals surface area contributed by atoms with Gasteiger partial charge >= 0.3 is 0 Å². The zero-order valence-electron chi connectivity index (χ0n) is 6.73. The minimum Gasteiger partial charge on any atom is -0.381 e. The topological polar surface area (TPSA) is 58.0 Å². The number of methoxy groups -OCH3 is 1. The van der Waals surface area contributed by atoms with Crippen LogP contribution in [0, 0.1) is 0 Å². The fraction of sp³-hybridized carbons (Fsp3) is 1.00. The van der Waals surface area contributed by atoms with Gasteiger partial charge in [-0.25, -0.2) is 0 Å². The van der Waals surface area contributed by atoms with Crippen LogP contribution in [0.4, 0.5) is 0 Å². The first-order chi connectivity index (χ1) is 5.38. The van der Waals surface area contributed by atoms with Gasteiger partial charge in [-0.3, -0.25) is 0 Å². The quantitative estimate of drug-likeness (QED) is 0.342. The van der Waals surface area contributed by atoms with Crippen LogP contribution in [-0.2, 0) is 4.74 Å². The monoisotopic (exact) mass is 155 g/mol. The van der Waals surface area contributed by atoms with Crippen LogP contribution in [-0.4, -0.2) is 19.3 Å². The predicted molar refractivity (Wildman–Crippen MR) is 42.2 cm³/mol. The fourth-order valence-corrected chi connectivity index (χ4v) is 1.55. The Morgan fingerprint density at radius 1 is 1.45 bits per heavy atom. The van der Waals surface area contributed by atoms with E-state index in [4.69, 9.17) is 10.3 Å². The Balaban J connectivity index is 2.50. The van der Waals surface area contributed by atoms with Crippen molar-refractivity contribution in [1.29, 1.82) is 0 Å². The Hall–Kier alpha value is -0.730. The molecule has 4 heteroatoms. The van der Waals surface area contributed by atoms with Crippen molar-refractivity contribution in [3.63, 3.8) is 0 Å². The van der Waals surface area contributed by atoms with Crippen LogP contribution < -0.4 is 0 Å². The van der Waals surface area contributed by atoms with E-state index in [0.29, 0.717) is 0 Å². The van der Waals surface area contributed by atoms with Gasteiger partial charge in [0.1, 0.15) is 0 Å². The van der Waals surface area contributed by atoms with E-state index in [1.54, 1.807) is 7.11 Å². The van der Waals surface area contributed by atoms with Crippen LogP contribution in [0.5, 0.6) is 0 Å². The van der Waals surface area contributed by atoms with E-state index in [1.165, 1.54) is 6.42 Å². The second-order valence-corrected chi connectivity index (χ2v) is 2.83. The Bertz CT molecular complexity index is 165. The summed E-state index contributed by atoms with van der Waals surface area (Å²) < 4.78 is 5.19. The molecule has 0 amide bonds. The highest BCUT2D eigenvalue weighted by Gasteiger charge is 2.23. The fourth-order valence-electron chi connectivity index (χ4n) is 1.55. The molecule has 0 saturated heterocycles. The molecule has 0 aromatic rings. The molecule has 1 fully saturated rings. The van der Waals surface area contributed by atoms with E-state index >= 15 is 0 Å². The van der Waals surface area contributed by atoms with Crippen LogP contribution in [0.2, 0.25) is 0 Å². The highest BCUT2D eigenvalue weighted by Crippen LogP contribution is 2.23. The molecule has 11 heavy (non-hydrogen) atoms. The van der Waals surface area contributed by atoms with Gasteiger partial charge in [0.25, 0.3) is 0 Å². The first-order valence-electron chi connectivity index (χ1n) is 3.95. The van der Waals surface area contributed by atoms with E-state index in [9.17, 15) is 0 Å². The number of nitrogens with zero attached hydrogens (tertiary/aromatic N) is 3. The Labute approximate surface area is 66.2 Å². The van der Waals surface area contributed by atoms with Crippen molar-refractivity contribution in [2.24, 2.45) is 5.11 Å². The molecule has 1 aliphatic rings. The number of ether oxygens (including phenoxy) is 1. The van der Waals surface area contributed by atoms with Gasteiger partial charge in [-0.15, -0.1) is 0 Å². The molecule has 0 aromatic heterocycles. The normalized spacial score (nSPS) is 31.0. The first-order valence-corrected chi connectivity index (χ1v) is 3.95. The molecule has 0 radical (unpaired) electrons. The maximum Gasteiger partial charge on any atom is 0.0656 e. The lowest BCUT2D eigenvalue weighted by atomic mass is 9.93. The third-order valence-electron chi connectivity index (χ3n) is 2.17. The first kappa shape index (κ1) is 8.37. The van der Waals surface area contributed by atoms with E-state index in [0.717, 1.165) is 19.3 Å². The summed E-state index contributed by atoms with van der Waals surface area (Å²) in [5.74, 6) is 0. The van der Waals surface area contributed by atoms with E-state index in [-0.39, 0.29) is 12.1 Å². The molecular weight excluding hydrogens is 142 g/mol. The van der Waals surface area contributed by atoms with Crippen LogP contribution >= 0.6 is 0 Å². The molecule has 0 aromatic carbocycles. The Morgan fingerprint density at radius 2 is 2.18 bits per heavy atom. The van der Waals surface area contributed by atoms with Crippen LogP contribution in [0.25, 0.3) is 10.4 Å². The number of hydrogen-bond donors (Lipinski definition) is 0. The lowest BCUT2D eigenvalue weighted by molar-refractivity contribution is 0.0547. The summed E-state index contributed by atoms with van der Waals surface area (Å²) in [6.07, 6.45) is 4.50. The van der Waals surface area contributed by atoms with Crippen molar-refractivity contribution >= 4 is 0 Å². The van der Waals surface area contributed by atoms with Gasteiger partial charge in [0, 0.05) is 12.0 Å². The van der Waals surface area contributed by atoms with E-state index < -0.39 is 0 Å². The second kappa shape index (κ2) is 4.21. The summed E-state index contributed by atoms with van der Waals surface area (Å²) in [7, 11) is 1.68. The second-order valence-electron chi connectivity index (χ2n) is 2.83. The van der Waals surface area contributed by atoms with Gasteiger partial charge in [-0.1, -0.05) is 18.0 Å². The van der Waals surface area contributed by atoms with Crippen molar-refractivity contribution < 1.29 is 4.74 Å². The summed E-state index contributed by atoms with van der Waals surface area (Å²) in [6, 6.07) is 0.0683. The lowest BCUT2D eigenvalue weighted by Crippen LogP contribution is -2.29. The Morgan fingerprint density at radius 3 is 2.82 bits per heavy atom. The molecular formula is C7H13N3O. The number of hydrogen-bond acceptors (Lipinski definition) is 2. The molecule has 0 spiro atoms. The molecule has 1 saturated carbocycles. The van der Waals surface area contributed by atoms with Crippen LogP contribution in [0.3, 0.4) is 0 Å². The molecule has 2 atom stereocenters. The minimum atomic E-state index is 0.0683. The lowest BCUT2D eigenvalue weighted by Gasteiger charge is -2.26. The average Bonchev–Trinajstić information content (AvgIpc) is 2.06. The number of rotatable bonds is 2. The summed E-state index contributed by atoms with van der Waals surface area (Å²) in [4.78, 5) is 2.80. The van der Waals surface area contributed by atoms with Crippen molar-refractivity contribution in [2.75, 3.05) is 7.11 Å². The standard InChI is InChI=1S/C7H13N3O/c1-11-7-5-3-2-4-6(7)9-10-8/h6-7H,2-5H2,1H3/t6-,7+/m0/s1. The SMILES string of the molecule is CO[C@@H]1CCCC[C@@H]1N=[N+]=[N-]. The molecule has 0 N–H and O–H groups in total. The van der Waals surface area contributed by atoms with Gasteiger partial charge in [0.15, 0.2) is 0 Å². The summed E-state index contributed by atoms with van der Waals surface area (Å²) in [5, 5.41) is 3.69. The van der Waals surface area contributed by atoms with Crippen LogP contribution in [0.15, 0.2) is 5.11 Å². The van der Waals surface area contributed by atoms with Crippen molar-refractivity contribution in [1.82, 2.24) is 0 Å². The molecule has 62 valence electrons. The highest BCUT2D eigenvalue weighted by atomic mass is 16.5. The molecule has 0 unspecified atom stereocenters. The number of azide groups is 1. The molecule has 1 rings (SSSR count). The van der Waals surface area contributed by atoms with Gasteiger partial charge in [0.05, 0.1) is 12.1 Å². The molecule has 4 nitrogen and oxygen atoms in total. The van der Waals surface area contributed by atoms with Gasteiger partial charge < -0.3 is 4.74 Å². The zero-order valence-corrected chi connectivity index (χ0v) is 6.73. The summed E-state index contributed by atoms with van der Waals surface area (Å²) in [6.45, 7) is 0. The minimum absolute atomic E-state index is 0.0683. The van der Waals surface area contributed by atoms with Crippen molar-refractivity contribution in [3.05, 3.63) is 10.4 Å².